The van der Waals surface area contributed by atoms with Crippen molar-refractivity contribution in [2.24, 2.45) is 0 Å². The van der Waals surface area contributed by atoms with Crippen LogP contribution in [0, 0.1) is 0 Å². The van der Waals surface area contributed by atoms with E-state index in [1.54, 1.807) is 16.7 Å². The Labute approximate surface area is 418 Å². The van der Waals surface area contributed by atoms with E-state index in [1.165, 1.54) is 148 Å². The van der Waals surface area contributed by atoms with Crippen molar-refractivity contribution in [3.05, 3.63) is 148 Å². The van der Waals surface area contributed by atoms with Crippen molar-refractivity contribution in [1.82, 2.24) is 0 Å². The summed E-state index contributed by atoms with van der Waals surface area (Å²) in [6, 6.07) is 43.9. The van der Waals surface area contributed by atoms with Crippen LogP contribution < -0.4 is 26.4 Å². The van der Waals surface area contributed by atoms with E-state index in [0.29, 0.717) is 0 Å². The summed E-state index contributed by atoms with van der Waals surface area (Å²) in [7, 11) is 0. The van der Waals surface area contributed by atoms with Gasteiger partial charge in [0, 0.05) is 33.8 Å². The van der Waals surface area contributed by atoms with Gasteiger partial charge in [-0.25, -0.2) is 0 Å². The highest BCUT2D eigenvalue weighted by Gasteiger charge is 2.54. The Morgan fingerprint density at radius 2 is 0.986 bits per heavy atom. The van der Waals surface area contributed by atoms with Crippen LogP contribution in [0.25, 0.3) is 22.1 Å². The summed E-state index contributed by atoms with van der Waals surface area (Å²) >= 11 is 0. The van der Waals surface area contributed by atoms with Gasteiger partial charge < -0.3 is 14.2 Å². The Morgan fingerprint density at radius 3 is 1.59 bits per heavy atom. The van der Waals surface area contributed by atoms with Crippen molar-refractivity contribution < 1.29 is 4.42 Å². The summed E-state index contributed by atoms with van der Waals surface area (Å²) in [6.07, 6.45) is 12.3. The van der Waals surface area contributed by atoms with Gasteiger partial charge in [0.05, 0.1) is 11.3 Å². The molecule has 4 bridgehead atoms. The summed E-state index contributed by atoms with van der Waals surface area (Å²) in [5.41, 5.74) is 26.3. The van der Waals surface area contributed by atoms with E-state index in [0.717, 1.165) is 11.2 Å². The SMILES string of the molecule is CC(C)(C)c1ccc(N2c3cc4c(cc3B3c5oc6cc7c(cc6c5N(c5ccc6c(c5)C(C)(C)CCC6(C)C)c5cc(-c6ccccc6)cc2c53)C2(C)CCC7(C)CC2)C2(C)CCC4(C)CC2)cc1. The fourth-order valence-electron chi connectivity index (χ4n) is 15.5. The summed E-state index contributed by atoms with van der Waals surface area (Å²) in [5, 5.41) is 1.26. The van der Waals surface area contributed by atoms with Crippen LogP contribution in [0.15, 0.2) is 114 Å². The number of furan rings is 1. The maximum Gasteiger partial charge on any atom is 0.297 e. The first-order chi connectivity index (χ1) is 33.2. The third-order valence-electron chi connectivity index (χ3n) is 20.6. The molecule has 0 unspecified atom stereocenters. The monoisotopic (exact) mass is 919 g/mol. The lowest BCUT2D eigenvalue weighted by molar-refractivity contribution is 0.188. The molecule has 2 fully saturated rings. The minimum Gasteiger partial charge on any atom is -0.468 e. The lowest BCUT2D eigenvalue weighted by Gasteiger charge is -2.53. The molecule has 70 heavy (non-hydrogen) atoms. The predicted octanol–water partition coefficient (Wildman–Crippen LogP) is 16.0. The number of fused-ring (bicyclic) bond motifs is 11. The van der Waals surface area contributed by atoms with Gasteiger partial charge in [0.2, 0.25) is 0 Å². The number of rotatable bonds is 3. The molecule has 7 aliphatic carbocycles. The molecule has 3 nitrogen and oxygen atoms in total. The highest BCUT2D eigenvalue weighted by atomic mass is 16.3. The number of anilines is 6. The van der Waals surface area contributed by atoms with E-state index in [-0.39, 0.29) is 44.6 Å². The van der Waals surface area contributed by atoms with E-state index in [4.69, 9.17) is 4.42 Å². The van der Waals surface area contributed by atoms with E-state index in [1.807, 2.05) is 0 Å². The Hall–Kier alpha value is -5.48. The third-order valence-corrected chi connectivity index (χ3v) is 20.6. The second-order valence-electron chi connectivity index (χ2n) is 27.1. The minimum absolute atomic E-state index is 0.0442. The smallest absolute Gasteiger partial charge is 0.297 e. The number of hydrogen-bond donors (Lipinski definition) is 0. The highest BCUT2D eigenvalue weighted by molar-refractivity contribution is 7.00. The fraction of sp³-hybridized carbons (Fsp3) is 0.424. The van der Waals surface area contributed by atoms with Gasteiger partial charge in [0.25, 0.3) is 6.71 Å². The first-order valence-corrected chi connectivity index (χ1v) is 27.1. The molecule has 3 heterocycles. The van der Waals surface area contributed by atoms with Crippen LogP contribution in [0.1, 0.15) is 179 Å². The van der Waals surface area contributed by atoms with Crippen molar-refractivity contribution in [3.63, 3.8) is 0 Å². The Balaban J connectivity index is 1.13. The van der Waals surface area contributed by atoms with E-state index < -0.39 is 0 Å². The third kappa shape index (κ3) is 5.77. The largest absolute Gasteiger partial charge is 0.468 e. The van der Waals surface area contributed by atoms with Crippen LogP contribution in [0.3, 0.4) is 0 Å². The van der Waals surface area contributed by atoms with E-state index >= 15 is 0 Å². The Morgan fingerprint density at radius 1 is 0.457 bits per heavy atom. The maximum atomic E-state index is 7.79. The highest BCUT2D eigenvalue weighted by Crippen LogP contribution is 2.60. The lowest BCUT2D eigenvalue weighted by Crippen LogP contribution is -2.61. The molecule has 0 spiro atoms. The zero-order chi connectivity index (χ0) is 48.3. The average Bonchev–Trinajstić information content (AvgIpc) is 3.71. The molecule has 4 heteroatoms. The summed E-state index contributed by atoms with van der Waals surface area (Å²) in [4.78, 5) is 5.35. The van der Waals surface area contributed by atoms with Crippen molar-refractivity contribution in [3.8, 4) is 11.1 Å². The summed E-state index contributed by atoms with van der Waals surface area (Å²) < 4.78 is 7.79. The van der Waals surface area contributed by atoms with Crippen molar-refractivity contribution >= 4 is 68.4 Å². The van der Waals surface area contributed by atoms with Crippen molar-refractivity contribution in [1.29, 1.82) is 0 Å². The Bertz CT molecular complexity index is 3380. The van der Waals surface area contributed by atoms with Crippen LogP contribution >= 0.6 is 0 Å². The zero-order valence-corrected chi connectivity index (χ0v) is 43.8. The summed E-state index contributed by atoms with van der Waals surface area (Å²) in [6.45, 7) is 27.0. The number of nitrogens with zero attached hydrogens (tertiary/aromatic N) is 2. The van der Waals surface area contributed by atoms with Crippen LogP contribution in [-0.4, -0.2) is 6.71 Å². The average molecular weight is 919 g/mol. The lowest BCUT2D eigenvalue weighted by atomic mass is 9.34. The molecule has 0 amide bonds. The minimum atomic E-state index is -0.0938. The molecule has 6 aromatic carbocycles. The number of benzene rings is 6. The standard InChI is InChI=1S/C66H71BN2O/c1-60(2,3)42-17-19-43(20-18-42)68-53-38-50-49(64(9)27-29-65(50,10)30-28-64)37-52(53)67-57-54(68)33-41(40-15-13-12-14-16-40)34-55(57)69(44-21-22-46-47(35-44)62(6,7)24-23-61(46,4)5)58-45-36-48-51(39-56(45)70-59(58)67)66(11)31-25-63(48,8)26-32-66/h12-22,33-39H,23-32H2,1-11H3. The molecule has 0 saturated heterocycles. The van der Waals surface area contributed by atoms with Gasteiger partial charge in [-0.3, -0.25) is 0 Å². The van der Waals surface area contributed by atoms with E-state index in [9.17, 15) is 0 Å². The van der Waals surface area contributed by atoms with Gasteiger partial charge in [-0.15, -0.1) is 0 Å². The first kappa shape index (κ1) is 43.3. The summed E-state index contributed by atoms with van der Waals surface area (Å²) in [5.74, 6) is 0. The normalized spacial score (nSPS) is 27.2. The van der Waals surface area contributed by atoms with Crippen molar-refractivity contribution in [2.75, 3.05) is 9.80 Å². The Kier molecular flexibility index (Phi) is 8.49. The van der Waals surface area contributed by atoms with Gasteiger partial charge in [-0.2, -0.15) is 0 Å². The molecular formula is C66H71BN2O. The fourth-order valence-corrected chi connectivity index (χ4v) is 15.5. The topological polar surface area (TPSA) is 19.6 Å². The quantitative estimate of drug-likeness (QED) is 0.165. The van der Waals surface area contributed by atoms with E-state index in [2.05, 4.69) is 195 Å². The van der Waals surface area contributed by atoms with Crippen LogP contribution in [-0.2, 0) is 37.9 Å². The second-order valence-corrected chi connectivity index (χ2v) is 27.1. The molecule has 0 radical (unpaired) electrons. The first-order valence-electron chi connectivity index (χ1n) is 27.1. The van der Waals surface area contributed by atoms with Gasteiger partial charge in [0.1, 0.15) is 5.58 Å². The molecule has 2 saturated carbocycles. The molecule has 2 aliphatic heterocycles. The maximum absolute atomic E-state index is 7.79. The van der Waals surface area contributed by atoms with Crippen LogP contribution in [0.5, 0.6) is 0 Å². The molecule has 16 rings (SSSR count). The zero-order valence-electron chi connectivity index (χ0n) is 43.8. The van der Waals surface area contributed by atoms with Gasteiger partial charge in [-0.1, -0.05) is 131 Å². The van der Waals surface area contributed by atoms with Crippen LogP contribution in [0.4, 0.5) is 34.1 Å². The molecular weight excluding hydrogens is 848 g/mol. The van der Waals surface area contributed by atoms with Gasteiger partial charge >= 0.3 is 0 Å². The molecule has 7 aromatic rings. The van der Waals surface area contributed by atoms with Crippen molar-refractivity contribution in [2.45, 2.75) is 178 Å². The van der Waals surface area contributed by atoms with Gasteiger partial charge in [-0.05, 0) is 218 Å². The molecule has 9 aliphatic rings. The predicted molar refractivity (Wildman–Crippen MR) is 296 cm³/mol. The molecule has 354 valence electrons. The molecule has 0 atom stereocenters. The second kappa shape index (κ2) is 13.7. The number of hydrogen-bond acceptors (Lipinski definition) is 3. The molecule has 1 aromatic heterocycles. The van der Waals surface area contributed by atoms with Gasteiger partial charge in [0.15, 0.2) is 0 Å². The molecule has 0 N–H and O–H groups in total. The van der Waals surface area contributed by atoms with Crippen LogP contribution in [0.2, 0.25) is 0 Å².